The summed E-state index contributed by atoms with van der Waals surface area (Å²) < 4.78 is 37.0. The lowest BCUT2D eigenvalue weighted by Crippen LogP contribution is -2.35. The Kier molecular flexibility index (Phi) is 9.97. The number of rotatable bonds is 13. The second-order valence-corrected chi connectivity index (χ2v) is 10.5. The summed E-state index contributed by atoms with van der Waals surface area (Å²) in [5, 5.41) is 5.33. The molecule has 5 atom stereocenters. The van der Waals surface area contributed by atoms with Crippen LogP contribution in [0.25, 0.3) is 11.2 Å². The molecule has 15 heteroatoms. The van der Waals surface area contributed by atoms with Gasteiger partial charge in [-0.25, -0.2) is 24.3 Å². The molecule has 0 spiro atoms. The summed E-state index contributed by atoms with van der Waals surface area (Å²) in [6.45, 7) is 4.54. The number of carbonyl (C=O) groups is 1. The minimum Gasteiger partial charge on any atom is -0.389 e. The van der Waals surface area contributed by atoms with Gasteiger partial charge in [0.15, 0.2) is 35.8 Å². The number of fused-ring (bicyclic) bond motifs is 1. The topological polar surface area (TPSA) is 182 Å². The molecule has 0 saturated carbocycles. The van der Waals surface area contributed by atoms with E-state index in [1.165, 1.54) is 6.33 Å². The normalized spacial score (nSPS) is 21.5. The van der Waals surface area contributed by atoms with E-state index in [1.807, 2.05) is 44.2 Å². The van der Waals surface area contributed by atoms with Crippen LogP contribution < -0.4 is 10.6 Å². The lowest BCUT2D eigenvalue weighted by molar-refractivity contribution is -0.115. The van der Waals surface area contributed by atoms with Gasteiger partial charge in [-0.3, -0.25) is 14.8 Å². The first-order chi connectivity index (χ1) is 18.8. The zero-order chi connectivity index (χ0) is 27.8. The lowest BCUT2D eigenvalue weighted by atomic mass is 10.1. The fourth-order valence-corrected chi connectivity index (χ4v) is 4.66. The van der Waals surface area contributed by atoms with E-state index in [0.717, 1.165) is 5.56 Å². The number of aromatic nitrogens is 4. The molecule has 1 saturated heterocycles. The zero-order valence-corrected chi connectivity index (χ0v) is 22.6. The number of carbonyl (C=O) groups excluding carboxylic acids is 1. The summed E-state index contributed by atoms with van der Waals surface area (Å²) >= 11 is 0. The minimum atomic E-state index is -4.05. The van der Waals surface area contributed by atoms with Crippen LogP contribution in [0.3, 0.4) is 0 Å². The van der Waals surface area contributed by atoms with E-state index in [2.05, 4.69) is 25.6 Å². The second-order valence-electron chi connectivity index (χ2n) is 8.80. The third-order valence-electron chi connectivity index (χ3n) is 5.88. The smallest absolute Gasteiger partial charge is 0.389 e. The number of benzene rings is 1. The average Bonchev–Trinajstić information content (AvgIpc) is 3.50. The number of amides is 2. The van der Waals surface area contributed by atoms with Gasteiger partial charge in [-0.15, -0.1) is 0 Å². The van der Waals surface area contributed by atoms with Gasteiger partial charge in [0.25, 0.3) is 0 Å². The molecule has 1 fully saturated rings. The van der Waals surface area contributed by atoms with Crippen molar-refractivity contribution >= 4 is 30.6 Å². The molecule has 2 aromatic heterocycles. The fourth-order valence-electron chi connectivity index (χ4n) is 4.29. The molecule has 212 valence electrons. The molecule has 14 nitrogen and oxygen atoms in total. The standard InChI is InChI=1S/C24H33N6O8P/c1-3-25-24(31)29-21-19-22(27-13-26-21)30(14-28-19)23(36-4-2)20-17(10-11-35-15-39(32,33)34)37-18(38-20)12-16-8-6-5-7-9-16/h5-9,13-14,17-18,20,23H,3-4,10-12,15H2,1-2H3,(H2,32,33,34)(H2,25,26,27,29,31)/p+1/t17?,18?,20?,23-/m1/s1. The summed E-state index contributed by atoms with van der Waals surface area (Å²) in [6, 6.07) is 9.36. The van der Waals surface area contributed by atoms with Crippen molar-refractivity contribution < 1.29 is 38.1 Å². The van der Waals surface area contributed by atoms with Crippen molar-refractivity contribution in [3.05, 3.63) is 48.5 Å². The second kappa shape index (κ2) is 13.4. The van der Waals surface area contributed by atoms with Crippen molar-refractivity contribution in [3.8, 4) is 0 Å². The Balaban J connectivity index is 1.59. The van der Waals surface area contributed by atoms with E-state index in [0.29, 0.717) is 37.2 Å². The van der Waals surface area contributed by atoms with Crippen LogP contribution in [0, 0.1) is 0 Å². The SMILES string of the molecule is CCNC(=O)Nc1ncnc2c1ncn2[C@H](OCC)C1OC(Cc2ccccc2)OC1CCOCP(=O)(O)[OH2+]. The Morgan fingerprint density at radius 2 is 2.03 bits per heavy atom. The molecule has 1 aromatic carbocycles. The molecule has 1 aliphatic rings. The zero-order valence-electron chi connectivity index (χ0n) is 21.7. The molecule has 4 unspecified atom stereocenters. The van der Waals surface area contributed by atoms with Crippen molar-refractivity contribution in [2.24, 2.45) is 0 Å². The Hall–Kier alpha value is -2.97. The predicted molar refractivity (Wildman–Crippen MR) is 141 cm³/mol. The van der Waals surface area contributed by atoms with Gasteiger partial charge in [0, 0.05) is 19.6 Å². The Bertz CT molecular complexity index is 1270. The van der Waals surface area contributed by atoms with Gasteiger partial charge in [0.2, 0.25) is 0 Å². The molecular formula is C24H34N6O8P+. The summed E-state index contributed by atoms with van der Waals surface area (Å²) in [7, 11) is -4.05. The number of anilines is 1. The third-order valence-corrected chi connectivity index (χ3v) is 6.41. The molecular weight excluding hydrogens is 531 g/mol. The molecule has 1 aliphatic heterocycles. The Morgan fingerprint density at radius 1 is 1.23 bits per heavy atom. The van der Waals surface area contributed by atoms with Crippen LogP contribution in [0.2, 0.25) is 0 Å². The first-order valence-corrected chi connectivity index (χ1v) is 14.5. The van der Waals surface area contributed by atoms with E-state index in [9.17, 15) is 14.3 Å². The highest BCUT2D eigenvalue weighted by Gasteiger charge is 2.43. The van der Waals surface area contributed by atoms with Gasteiger partial charge in [0.1, 0.15) is 12.4 Å². The summed E-state index contributed by atoms with van der Waals surface area (Å²) in [4.78, 5) is 41.4. The molecule has 0 radical (unpaired) electrons. The van der Waals surface area contributed by atoms with Crippen molar-refractivity contribution in [1.29, 1.82) is 0 Å². The van der Waals surface area contributed by atoms with Crippen LogP contribution >= 0.6 is 7.60 Å². The van der Waals surface area contributed by atoms with E-state index in [-0.39, 0.29) is 12.4 Å². The largest absolute Gasteiger partial charge is 0.495 e. The molecule has 4 rings (SSSR count). The van der Waals surface area contributed by atoms with E-state index < -0.39 is 44.7 Å². The quantitative estimate of drug-likeness (QED) is 0.158. The summed E-state index contributed by atoms with van der Waals surface area (Å²) in [5.41, 5.74) is 1.83. The Labute approximate surface area is 225 Å². The van der Waals surface area contributed by atoms with Gasteiger partial charge in [0.05, 0.1) is 19.0 Å². The van der Waals surface area contributed by atoms with Crippen molar-refractivity contribution in [1.82, 2.24) is 24.8 Å². The first-order valence-electron chi connectivity index (χ1n) is 12.6. The highest BCUT2D eigenvalue weighted by atomic mass is 31.2. The van der Waals surface area contributed by atoms with Crippen LogP contribution in [0.4, 0.5) is 10.6 Å². The van der Waals surface area contributed by atoms with Crippen molar-refractivity contribution in [3.63, 3.8) is 0 Å². The number of ether oxygens (including phenoxy) is 4. The monoisotopic (exact) mass is 565 g/mol. The molecule has 5 N–H and O–H groups in total. The molecule has 0 aliphatic carbocycles. The number of urea groups is 1. The maximum absolute atomic E-state index is 12.1. The van der Waals surface area contributed by atoms with Gasteiger partial charge >= 0.3 is 13.6 Å². The molecule has 39 heavy (non-hydrogen) atoms. The summed E-state index contributed by atoms with van der Waals surface area (Å²) in [6.07, 6.45) is 0.712. The maximum Gasteiger partial charge on any atom is 0.495 e. The van der Waals surface area contributed by atoms with Gasteiger partial charge in [-0.05, 0) is 25.8 Å². The van der Waals surface area contributed by atoms with Crippen LogP contribution in [0.15, 0.2) is 43.0 Å². The van der Waals surface area contributed by atoms with Crippen molar-refractivity contribution in [2.45, 2.75) is 51.4 Å². The highest BCUT2D eigenvalue weighted by Crippen LogP contribution is 2.36. The Morgan fingerprint density at radius 3 is 2.74 bits per heavy atom. The number of hydrogen-bond acceptors (Lipinski definition) is 9. The number of hydrogen-bond donors (Lipinski definition) is 3. The van der Waals surface area contributed by atoms with Crippen LogP contribution in [-0.2, 0) is 29.9 Å². The first kappa shape index (κ1) is 29.0. The van der Waals surface area contributed by atoms with Gasteiger partial charge in [-0.1, -0.05) is 30.3 Å². The van der Waals surface area contributed by atoms with E-state index >= 15 is 0 Å². The van der Waals surface area contributed by atoms with Crippen molar-refractivity contribution in [2.75, 3.05) is 31.4 Å². The fraction of sp³-hybridized carbons (Fsp3) is 0.500. The van der Waals surface area contributed by atoms with Crippen LogP contribution in [0.5, 0.6) is 0 Å². The van der Waals surface area contributed by atoms with E-state index in [1.54, 1.807) is 10.9 Å². The number of nitrogens with one attached hydrogen (secondary N) is 2. The predicted octanol–water partition coefficient (Wildman–Crippen LogP) is 2.13. The molecule has 3 heterocycles. The van der Waals surface area contributed by atoms with Gasteiger partial charge < -0.3 is 29.2 Å². The molecule has 0 bridgehead atoms. The summed E-state index contributed by atoms with van der Waals surface area (Å²) in [5.74, 6) is 0.249. The average molecular weight is 566 g/mol. The molecule has 3 aromatic rings. The third kappa shape index (κ3) is 7.79. The van der Waals surface area contributed by atoms with Gasteiger partial charge in [-0.2, -0.15) is 0 Å². The number of nitrogens with zero attached hydrogens (tertiary/aromatic N) is 4. The lowest BCUT2D eigenvalue weighted by Gasteiger charge is -2.27. The van der Waals surface area contributed by atoms with Crippen LogP contribution in [0.1, 0.15) is 32.1 Å². The maximum atomic E-state index is 12.1. The highest BCUT2D eigenvalue weighted by molar-refractivity contribution is 7.51. The number of imidazole rings is 1. The van der Waals surface area contributed by atoms with E-state index in [4.69, 9.17) is 23.8 Å². The van der Waals surface area contributed by atoms with Crippen LogP contribution in [-0.4, -0.2) is 79.9 Å². The molecule has 2 amide bonds. The minimum absolute atomic E-state index is 0.0817.